The van der Waals surface area contributed by atoms with Crippen molar-refractivity contribution in [2.75, 3.05) is 5.73 Å². The van der Waals surface area contributed by atoms with Gasteiger partial charge in [-0.3, -0.25) is 0 Å². The quantitative estimate of drug-likeness (QED) is 0.929. The minimum Gasteiger partial charge on any atom is -0.473 e. The lowest BCUT2D eigenvalue weighted by Crippen LogP contribution is -2.08. The van der Waals surface area contributed by atoms with E-state index in [1.54, 1.807) is 12.1 Å². The van der Waals surface area contributed by atoms with Crippen LogP contribution < -0.4 is 10.5 Å². The average molecular weight is 268 g/mol. The Morgan fingerprint density at radius 3 is 2.42 bits per heavy atom. The third kappa shape index (κ3) is 3.61. The van der Waals surface area contributed by atoms with Crippen molar-refractivity contribution < 1.29 is 17.9 Å². The zero-order valence-corrected chi connectivity index (χ0v) is 9.82. The van der Waals surface area contributed by atoms with Crippen LogP contribution in [0.5, 0.6) is 5.88 Å². The summed E-state index contributed by atoms with van der Waals surface area (Å²) in [6, 6.07) is 10.7. The highest BCUT2D eigenvalue weighted by atomic mass is 19.4. The van der Waals surface area contributed by atoms with Gasteiger partial charge in [-0.05, 0) is 11.6 Å². The van der Waals surface area contributed by atoms with E-state index in [1.807, 2.05) is 18.2 Å². The molecule has 0 saturated carbocycles. The number of hydrogen-bond donors (Lipinski definition) is 1. The van der Waals surface area contributed by atoms with Crippen LogP contribution in [0.25, 0.3) is 0 Å². The molecular formula is C13H11F3N2O. The molecule has 100 valence electrons. The number of pyridine rings is 1. The second-order valence-electron chi connectivity index (χ2n) is 3.89. The third-order valence-electron chi connectivity index (χ3n) is 2.38. The van der Waals surface area contributed by atoms with E-state index in [9.17, 15) is 13.2 Å². The topological polar surface area (TPSA) is 48.1 Å². The molecule has 2 N–H and O–H groups in total. The predicted molar refractivity (Wildman–Crippen MR) is 64.4 cm³/mol. The maximum absolute atomic E-state index is 12.6. The molecule has 0 aliphatic carbocycles. The maximum Gasteiger partial charge on any atom is 0.416 e. The summed E-state index contributed by atoms with van der Waals surface area (Å²) in [4.78, 5) is 3.72. The highest BCUT2D eigenvalue weighted by Gasteiger charge is 2.31. The van der Waals surface area contributed by atoms with E-state index in [1.165, 1.54) is 0 Å². The van der Waals surface area contributed by atoms with Gasteiger partial charge >= 0.3 is 6.18 Å². The molecule has 2 rings (SSSR count). The van der Waals surface area contributed by atoms with Gasteiger partial charge in [-0.25, -0.2) is 0 Å². The number of nitrogen functional groups attached to an aromatic ring is 1. The number of rotatable bonds is 3. The zero-order chi connectivity index (χ0) is 13.9. The molecule has 0 radical (unpaired) electrons. The Balaban J connectivity index is 2.15. The predicted octanol–water partition coefficient (Wildman–Crippen LogP) is 3.26. The first-order valence-electron chi connectivity index (χ1n) is 5.46. The fraction of sp³-hybridized carbons (Fsp3) is 0.154. The van der Waals surface area contributed by atoms with Crippen LogP contribution in [0.2, 0.25) is 0 Å². The SMILES string of the molecule is Nc1cc(C(F)(F)F)cc(OCc2ccccc2)n1. The molecule has 1 aromatic carbocycles. The molecule has 3 nitrogen and oxygen atoms in total. The Morgan fingerprint density at radius 2 is 1.79 bits per heavy atom. The average Bonchev–Trinajstić information content (AvgIpc) is 2.36. The highest BCUT2D eigenvalue weighted by Crippen LogP contribution is 2.32. The summed E-state index contributed by atoms with van der Waals surface area (Å²) in [5.74, 6) is -0.367. The van der Waals surface area contributed by atoms with Crippen LogP contribution in [-0.2, 0) is 12.8 Å². The fourth-order valence-electron chi connectivity index (χ4n) is 1.49. The zero-order valence-electron chi connectivity index (χ0n) is 9.82. The van der Waals surface area contributed by atoms with Crippen LogP contribution >= 0.6 is 0 Å². The van der Waals surface area contributed by atoms with Crippen molar-refractivity contribution >= 4 is 5.82 Å². The van der Waals surface area contributed by atoms with Crippen molar-refractivity contribution in [1.82, 2.24) is 4.98 Å². The van der Waals surface area contributed by atoms with Gasteiger partial charge in [0.2, 0.25) is 5.88 Å². The molecule has 0 amide bonds. The van der Waals surface area contributed by atoms with Gasteiger partial charge in [-0.15, -0.1) is 0 Å². The van der Waals surface area contributed by atoms with Crippen molar-refractivity contribution in [2.45, 2.75) is 12.8 Å². The van der Waals surface area contributed by atoms with E-state index in [-0.39, 0.29) is 18.3 Å². The molecule has 0 spiro atoms. The summed E-state index contributed by atoms with van der Waals surface area (Å²) >= 11 is 0. The largest absolute Gasteiger partial charge is 0.473 e. The van der Waals surface area contributed by atoms with E-state index < -0.39 is 11.7 Å². The number of nitrogens with two attached hydrogens (primary N) is 1. The summed E-state index contributed by atoms with van der Waals surface area (Å²) < 4.78 is 42.9. The molecular weight excluding hydrogens is 257 g/mol. The summed E-state index contributed by atoms with van der Waals surface area (Å²) in [5.41, 5.74) is 5.30. The van der Waals surface area contributed by atoms with Gasteiger partial charge in [0.15, 0.2) is 0 Å². The highest BCUT2D eigenvalue weighted by molar-refractivity contribution is 5.38. The molecule has 1 aromatic heterocycles. The number of hydrogen-bond acceptors (Lipinski definition) is 3. The van der Waals surface area contributed by atoms with E-state index in [2.05, 4.69) is 4.98 Å². The summed E-state index contributed by atoms with van der Waals surface area (Å²) in [6.45, 7) is 0.134. The number of alkyl halides is 3. The van der Waals surface area contributed by atoms with E-state index in [4.69, 9.17) is 10.5 Å². The number of aromatic nitrogens is 1. The van der Waals surface area contributed by atoms with Crippen molar-refractivity contribution in [3.8, 4) is 5.88 Å². The molecule has 1 heterocycles. The van der Waals surface area contributed by atoms with Crippen LogP contribution in [0.3, 0.4) is 0 Å². The number of ether oxygens (including phenoxy) is 1. The Kier molecular flexibility index (Phi) is 3.59. The second-order valence-corrected chi connectivity index (χ2v) is 3.89. The maximum atomic E-state index is 12.6. The smallest absolute Gasteiger partial charge is 0.416 e. The van der Waals surface area contributed by atoms with Gasteiger partial charge in [0.1, 0.15) is 12.4 Å². The van der Waals surface area contributed by atoms with Gasteiger partial charge < -0.3 is 10.5 Å². The van der Waals surface area contributed by atoms with Gasteiger partial charge in [0.05, 0.1) is 5.56 Å². The fourth-order valence-corrected chi connectivity index (χ4v) is 1.49. The van der Waals surface area contributed by atoms with Crippen LogP contribution in [0.15, 0.2) is 42.5 Å². The Hall–Kier alpha value is -2.24. The molecule has 0 fully saturated rings. The van der Waals surface area contributed by atoms with Gasteiger partial charge in [0, 0.05) is 6.07 Å². The van der Waals surface area contributed by atoms with Gasteiger partial charge in [-0.2, -0.15) is 18.2 Å². The molecule has 19 heavy (non-hydrogen) atoms. The van der Waals surface area contributed by atoms with E-state index in [0.717, 1.165) is 17.7 Å². The Bertz CT molecular complexity index is 556. The number of nitrogens with zero attached hydrogens (tertiary/aromatic N) is 1. The first-order valence-corrected chi connectivity index (χ1v) is 5.46. The summed E-state index contributed by atoms with van der Waals surface area (Å²) in [6.07, 6.45) is -4.47. The van der Waals surface area contributed by atoms with Gasteiger partial charge in [0.25, 0.3) is 0 Å². The lowest BCUT2D eigenvalue weighted by Gasteiger charge is -2.10. The van der Waals surface area contributed by atoms with Crippen molar-refractivity contribution in [2.24, 2.45) is 0 Å². The third-order valence-corrected chi connectivity index (χ3v) is 2.38. The molecule has 0 aliphatic heterocycles. The molecule has 0 atom stereocenters. The monoisotopic (exact) mass is 268 g/mol. The minimum atomic E-state index is -4.47. The first kappa shape index (κ1) is 13.2. The summed E-state index contributed by atoms with van der Waals surface area (Å²) in [7, 11) is 0. The van der Waals surface area contributed by atoms with Crippen LogP contribution in [0, 0.1) is 0 Å². The first-order chi connectivity index (χ1) is 8.95. The normalized spacial score (nSPS) is 11.3. The van der Waals surface area contributed by atoms with Crippen molar-refractivity contribution in [3.05, 3.63) is 53.6 Å². The van der Waals surface area contributed by atoms with Crippen molar-refractivity contribution in [1.29, 1.82) is 0 Å². The van der Waals surface area contributed by atoms with Crippen LogP contribution in [0.1, 0.15) is 11.1 Å². The molecule has 0 aliphatic rings. The number of anilines is 1. The van der Waals surface area contributed by atoms with Crippen LogP contribution in [-0.4, -0.2) is 4.98 Å². The molecule has 6 heteroatoms. The lowest BCUT2D eigenvalue weighted by atomic mass is 10.2. The number of halogens is 3. The Labute approximate surface area is 107 Å². The standard InChI is InChI=1S/C13H11F3N2O/c14-13(15,16)10-6-11(17)18-12(7-10)19-8-9-4-2-1-3-5-9/h1-7H,8H2,(H2,17,18). The summed E-state index contributed by atoms with van der Waals surface area (Å²) in [5, 5.41) is 0. The van der Waals surface area contributed by atoms with Gasteiger partial charge in [-0.1, -0.05) is 30.3 Å². The van der Waals surface area contributed by atoms with Crippen molar-refractivity contribution in [3.63, 3.8) is 0 Å². The molecule has 0 bridgehead atoms. The lowest BCUT2D eigenvalue weighted by molar-refractivity contribution is -0.137. The Morgan fingerprint density at radius 1 is 1.11 bits per heavy atom. The molecule has 0 unspecified atom stereocenters. The molecule has 0 saturated heterocycles. The van der Waals surface area contributed by atoms with E-state index in [0.29, 0.717) is 0 Å². The molecule has 2 aromatic rings. The number of benzene rings is 1. The van der Waals surface area contributed by atoms with Crippen LogP contribution in [0.4, 0.5) is 19.0 Å². The van der Waals surface area contributed by atoms with E-state index >= 15 is 0 Å². The minimum absolute atomic E-state index is 0.134. The second kappa shape index (κ2) is 5.17.